The Labute approximate surface area is 127 Å². The van der Waals surface area contributed by atoms with Crippen LogP contribution in [0, 0.1) is 0 Å². The second-order valence-corrected chi connectivity index (χ2v) is 5.94. The summed E-state index contributed by atoms with van der Waals surface area (Å²) in [6.45, 7) is 0. The van der Waals surface area contributed by atoms with Crippen molar-refractivity contribution in [3.8, 4) is 0 Å². The average Bonchev–Trinajstić information content (AvgIpc) is 2.42. The molecule has 0 fully saturated rings. The molecule has 1 heterocycles. The summed E-state index contributed by atoms with van der Waals surface area (Å²) < 4.78 is 0. The number of anilines is 1. The molecule has 0 amide bonds. The minimum absolute atomic E-state index is 0.466. The third-order valence-electron chi connectivity index (χ3n) is 3.63. The summed E-state index contributed by atoms with van der Waals surface area (Å²) >= 11 is 18.8. The number of hydrogen-bond acceptors (Lipinski definition) is 2. The van der Waals surface area contributed by atoms with E-state index < -0.39 is 0 Å². The summed E-state index contributed by atoms with van der Waals surface area (Å²) in [6.07, 6.45) is 4.37. The Balaban J connectivity index is 2.47. The summed E-state index contributed by atoms with van der Waals surface area (Å²) in [5.41, 5.74) is 4.14. The molecule has 1 aliphatic rings. The summed E-state index contributed by atoms with van der Waals surface area (Å²) in [5.74, 6) is 0. The van der Waals surface area contributed by atoms with E-state index in [9.17, 15) is 0 Å². The Morgan fingerprint density at radius 3 is 2.58 bits per heavy atom. The van der Waals surface area contributed by atoms with Crippen LogP contribution >= 0.6 is 34.8 Å². The van der Waals surface area contributed by atoms with Gasteiger partial charge in [-0.3, -0.25) is 4.98 Å². The minimum atomic E-state index is 0.466. The summed E-state index contributed by atoms with van der Waals surface area (Å²) in [7, 11) is 1.90. The van der Waals surface area contributed by atoms with Gasteiger partial charge >= 0.3 is 0 Å². The van der Waals surface area contributed by atoms with E-state index >= 15 is 0 Å². The first kappa shape index (κ1) is 13.3. The highest BCUT2D eigenvalue weighted by Gasteiger charge is 2.21. The Hall–Kier alpha value is -0.700. The summed E-state index contributed by atoms with van der Waals surface area (Å²) in [6, 6.07) is 1.66. The molecule has 5 heteroatoms. The molecule has 0 radical (unpaired) electrons. The summed E-state index contributed by atoms with van der Waals surface area (Å²) in [4.78, 5) is 4.71. The van der Waals surface area contributed by atoms with E-state index in [0.29, 0.717) is 15.1 Å². The minimum Gasteiger partial charge on any atom is -0.387 e. The highest BCUT2D eigenvalue weighted by Crippen LogP contribution is 2.42. The lowest BCUT2D eigenvalue weighted by Gasteiger charge is -2.21. The topological polar surface area (TPSA) is 24.9 Å². The van der Waals surface area contributed by atoms with Gasteiger partial charge in [0.15, 0.2) is 0 Å². The third-order valence-corrected chi connectivity index (χ3v) is 4.71. The van der Waals surface area contributed by atoms with E-state index in [-0.39, 0.29) is 0 Å². The van der Waals surface area contributed by atoms with Crippen LogP contribution in [0.3, 0.4) is 0 Å². The van der Waals surface area contributed by atoms with Gasteiger partial charge in [0.05, 0.1) is 20.6 Å². The number of rotatable bonds is 1. The van der Waals surface area contributed by atoms with Crippen molar-refractivity contribution >= 4 is 51.4 Å². The predicted octanol–water partition coefficient (Wildman–Crippen LogP) is 5.12. The molecule has 0 saturated heterocycles. The van der Waals surface area contributed by atoms with Crippen molar-refractivity contribution in [3.63, 3.8) is 0 Å². The first-order chi connectivity index (χ1) is 9.13. The van der Waals surface area contributed by atoms with Gasteiger partial charge in [0.1, 0.15) is 0 Å². The second-order valence-electron chi connectivity index (χ2n) is 4.75. The number of halogens is 3. The molecular weight excluding hydrogens is 303 g/mol. The van der Waals surface area contributed by atoms with Crippen LogP contribution in [-0.4, -0.2) is 12.0 Å². The highest BCUT2D eigenvalue weighted by atomic mass is 35.5. The monoisotopic (exact) mass is 314 g/mol. The lowest BCUT2D eigenvalue weighted by Crippen LogP contribution is -2.10. The second kappa shape index (κ2) is 5.01. The quantitative estimate of drug-likeness (QED) is 0.739. The number of aryl methyl sites for hydroxylation is 1. The number of fused-ring (bicyclic) bond motifs is 2. The first-order valence-corrected chi connectivity index (χ1v) is 7.43. The van der Waals surface area contributed by atoms with Gasteiger partial charge in [-0.15, -0.1) is 0 Å². The fourth-order valence-electron chi connectivity index (χ4n) is 2.77. The van der Waals surface area contributed by atoms with Crippen molar-refractivity contribution in [2.24, 2.45) is 0 Å². The van der Waals surface area contributed by atoms with Crippen LogP contribution in [0.1, 0.15) is 24.1 Å². The van der Waals surface area contributed by atoms with Gasteiger partial charge in [0.2, 0.25) is 0 Å². The Kier molecular flexibility index (Phi) is 3.50. The number of hydrogen-bond donors (Lipinski definition) is 1. The van der Waals surface area contributed by atoms with Gasteiger partial charge in [-0.2, -0.15) is 0 Å². The van der Waals surface area contributed by atoms with E-state index in [4.69, 9.17) is 39.8 Å². The maximum absolute atomic E-state index is 6.35. The molecule has 1 aliphatic carbocycles. The molecule has 0 bridgehead atoms. The van der Waals surface area contributed by atoms with Gasteiger partial charge in [-0.25, -0.2) is 0 Å². The van der Waals surface area contributed by atoms with Crippen LogP contribution in [0.2, 0.25) is 15.1 Å². The van der Waals surface area contributed by atoms with Crippen LogP contribution in [0.25, 0.3) is 10.9 Å². The van der Waals surface area contributed by atoms with Crippen molar-refractivity contribution in [1.29, 1.82) is 0 Å². The maximum atomic E-state index is 6.35. The molecule has 3 rings (SSSR count). The number of aromatic nitrogens is 1. The van der Waals surface area contributed by atoms with Gasteiger partial charge in [0, 0.05) is 23.8 Å². The zero-order chi connectivity index (χ0) is 13.6. The Bertz CT molecular complexity index is 668. The molecule has 0 spiro atoms. The molecule has 1 N–H and O–H groups in total. The predicted molar refractivity (Wildman–Crippen MR) is 83.0 cm³/mol. The lowest BCUT2D eigenvalue weighted by atomic mass is 9.92. The van der Waals surface area contributed by atoms with Crippen molar-refractivity contribution in [2.45, 2.75) is 25.7 Å². The van der Waals surface area contributed by atoms with Gasteiger partial charge < -0.3 is 5.32 Å². The van der Waals surface area contributed by atoms with Gasteiger partial charge in [0.25, 0.3) is 0 Å². The number of nitrogens with one attached hydrogen (secondary N) is 1. The molecule has 2 nitrogen and oxygen atoms in total. The number of benzene rings is 1. The molecule has 2 aromatic rings. The fraction of sp³-hybridized carbons (Fsp3) is 0.357. The molecule has 19 heavy (non-hydrogen) atoms. The van der Waals surface area contributed by atoms with E-state index in [1.54, 1.807) is 6.07 Å². The van der Waals surface area contributed by atoms with Gasteiger partial charge in [-0.05, 0) is 37.3 Å². The zero-order valence-corrected chi connectivity index (χ0v) is 12.8. The molecule has 0 saturated carbocycles. The molecule has 1 aromatic heterocycles. The normalized spacial score (nSPS) is 14.5. The van der Waals surface area contributed by atoms with E-state index in [1.807, 2.05) is 7.05 Å². The molecule has 0 aliphatic heterocycles. The van der Waals surface area contributed by atoms with Crippen LogP contribution in [-0.2, 0) is 12.8 Å². The maximum Gasteiger partial charge on any atom is 0.0928 e. The van der Waals surface area contributed by atoms with Crippen molar-refractivity contribution in [2.75, 3.05) is 12.4 Å². The first-order valence-electron chi connectivity index (χ1n) is 6.30. The molecule has 0 unspecified atom stereocenters. The van der Waals surface area contributed by atoms with Crippen molar-refractivity contribution in [1.82, 2.24) is 4.98 Å². The van der Waals surface area contributed by atoms with Crippen LogP contribution < -0.4 is 5.32 Å². The highest BCUT2D eigenvalue weighted by molar-refractivity contribution is 6.48. The van der Waals surface area contributed by atoms with Crippen molar-refractivity contribution in [3.05, 3.63) is 32.4 Å². The molecule has 100 valence electrons. The largest absolute Gasteiger partial charge is 0.387 e. The van der Waals surface area contributed by atoms with Crippen LogP contribution in [0.4, 0.5) is 5.69 Å². The van der Waals surface area contributed by atoms with Crippen LogP contribution in [0.15, 0.2) is 6.07 Å². The number of nitrogens with zero attached hydrogens (tertiary/aromatic N) is 1. The Morgan fingerprint density at radius 2 is 1.84 bits per heavy atom. The van der Waals surface area contributed by atoms with Crippen molar-refractivity contribution < 1.29 is 0 Å². The molecule has 0 atom stereocenters. The zero-order valence-electron chi connectivity index (χ0n) is 10.5. The Morgan fingerprint density at radius 1 is 1.11 bits per heavy atom. The van der Waals surface area contributed by atoms with E-state index in [1.165, 1.54) is 18.4 Å². The SMILES string of the molecule is CNc1c2c(nc3c(Cl)cc(Cl)c(Cl)c13)CCCC2. The number of pyridine rings is 1. The van der Waals surface area contributed by atoms with E-state index in [0.717, 1.165) is 35.1 Å². The fourth-order valence-corrected chi connectivity index (χ4v) is 3.51. The molecule has 1 aromatic carbocycles. The van der Waals surface area contributed by atoms with Gasteiger partial charge in [-0.1, -0.05) is 34.8 Å². The lowest BCUT2D eigenvalue weighted by molar-refractivity contribution is 0.672. The standard InChI is InChI=1S/C14H13Cl3N2/c1-18-13-7-4-2-3-5-10(7)19-14-9(16)6-8(15)12(17)11(13)14/h6H,2-5H2,1H3,(H,18,19). The average molecular weight is 316 g/mol. The summed E-state index contributed by atoms with van der Waals surface area (Å²) in [5, 5.41) is 5.62. The third kappa shape index (κ3) is 2.06. The van der Waals surface area contributed by atoms with Crippen LogP contribution in [0.5, 0.6) is 0 Å². The smallest absolute Gasteiger partial charge is 0.0928 e. The van der Waals surface area contributed by atoms with E-state index in [2.05, 4.69) is 5.32 Å². The molecular formula is C14H13Cl3N2.